The third-order valence-corrected chi connectivity index (χ3v) is 8.10. The molecule has 5 rings (SSSR count). The monoisotopic (exact) mass is 576 g/mol. The second-order valence-electron chi connectivity index (χ2n) is 9.49. The Bertz CT molecular complexity index is 1630. The molecule has 6 nitrogen and oxygen atoms in total. The molecular weight excluding hydrogens is 553 g/mol. The number of anilines is 1. The van der Waals surface area contributed by atoms with E-state index in [9.17, 15) is 26.7 Å². The molecule has 0 saturated carbocycles. The van der Waals surface area contributed by atoms with E-state index < -0.39 is 21.6 Å². The van der Waals surface area contributed by atoms with E-state index in [0.717, 1.165) is 27.7 Å². The normalized spacial score (nSPS) is 17.6. The number of pyridine rings is 1. The van der Waals surface area contributed by atoms with Gasteiger partial charge in [0.1, 0.15) is 12.4 Å². The van der Waals surface area contributed by atoms with E-state index in [1.165, 1.54) is 18.2 Å². The summed E-state index contributed by atoms with van der Waals surface area (Å²) >= 11 is 6.07. The average molecular weight is 577 g/mol. The molecule has 204 valence electrons. The highest BCUT2D eigenvalue weighted by atomic mass is 35.5. The van der Waals surface area contributed by atoms with Gasteiger partial charge in [0.15, 0.2) is 0 Å². The maximum atomic E-state index is 12.7. The number of nitrogens with zero attached hydrogens (tertiary/aromatic N) is 1. The lowest BCUT2D eigenvalue weighted by atomic mass is 9.78. The van der Waals surface area contributed by atoms with Crippen LogP contribution in [0, 0.1) is 5.92 Å². The molecule has 0 amide bonds. The van der Waals surface area contributed by atoms with Gasteiger partial charge in [0.25, 0.3) is 0 Å². The molecule has 2 atom stereocenters. The Morgan fingerprint density at radius 3 is 2.64 bits per heavy atom. The Balaban J connectivity index is 1.27. The molecule has 0 fully saturated rings. The minimum Gasteiger partial charge on any atom is -0.487 e. The summed E-state index contributed by atoms with van der Waals surface area (Å²) in [5.74, 6) is 0.360. The Kier molecular flexibility index (Phi) is 7.45. The fourth-order valence-corrected chi connectivity index (χ4v) is 5.50. The summed E-state index contributed by atoms with van der Waals surface area (Å²) in [6.45, 7) is 0.224. The van der Waals surface area contributed by atoms with Crippen LogP contribution in [0.2, 0.25) is 5.02 Å². The van der Waals surface area contributed by atoms with Crippen molar-refractivity contribution >= 4 is 38.2 Å². The van der Waals surface area contributed by atoms with Crippen molar-refractivity contribution in [2.45, 2.75) is 37.5 Å². The van der Waals surface area contributed by atoms with Crippen molar-refractivity contribution in [2.75, 3.05) is 4.72 Å². The predicted octanol–water partition coefficient (Wildman–Crippen LogP) is 6.57. The molecule has 3 aromatic carbocycles. The lowest BCUT2D eigenvalue weighted by Gasteiger charge is -2.30. The molecule has 0 spiro atoms. The van der Waals surface area contributed by atoms with Crippen LogP contribution in [0.25, 0.3) is 10.9 Å². The van der Waals surface area contributed by atoms with Crippen molar-refractivity contribution in [2.24, 2.45) is 5.92 Å². The minimum absolute atomic E-state index is 0.184. The van der Waals surface area contributed by atoms with Crippen molar-refractivity contribution in [1.82, 2.24) is 4.98 Å². The number of rotatable bonds is 7. The summed E-state index contributed by atoms with van der Waals surface area (Å²) < 4.78 is 68.7. The summed E-state index contributed by atoms with van der Waals surface area (Å²) in [6.07, 6.45) is 0.909. The molecular formula is C28H24ClF3N2O4S. The molecule has 0 bridgehead atoms. The van der Waals surface area contributed by atoms with E-state index >= 15 is 0 Å². The zero-order valence-corrected chi connectivity index (χ0v) is 22.0. The molecule has 1 heterocycles. The molecule has 2 unspecified atom stereocenters. The van der Waals surface area contributed by atoms with Crippen LogP contribution in [-0.2, 0) is 29.5 Å². The molecule has 0 saturated heterocycles. The highest BCUT2D eigenvalue weighted by molar-refractivity contribution is 7.93. The molecule has 39 heavy (non-hydrogen) atoms. The number of nitrogens with one attached hydrogen (secondary N) is 1. The maximum absolute atomic E-state index is 12.7. The molecule has 0 aliphatic heterocycles. The number of aliphatic hydroxyl groups is 1. The van der Waals surface area contributed by atoms with Crippen LogP contribution in [0.3, 0.4) is 0 Å². The van der Waals surface area contributed by atoms with Gasteiger partial charge in [-0.25, -0.2) is 4.98 Å². The summed E-state index contributed by atoms with van der Waals surface area (Å²) in [5, 5.41) is 12.7. The van der Waals surface area contributed by atoms with Gasteiger partial charge >= 0.3 is 15.5 Å². The van der Waals surface area contributed by atoms with Gasteiger partial charge < -0.3 is 9.84 Å². The van der Waals surface area contributed by atoms with Gasteiger partial charge in [-0.15, -0.1) is 0 Å². The number of ether oxygens (including phenoxy) is 1. The van der Waals surface area contributed by atoms with Crippen LogP contribution < -0.4 is 9.46 Å². The van der Waals surface area contributed by atoms with E-state index in [1.807, 2.05) is 30.3 Å². The second kappa shape index (κ2) is 10.7. The van der Waals surface area contributed by atoms with Crippen LogP contribution in [0.5, 0.6) is 5.75 Å². The number of aromatic nitrogens is 1. The number of fused-ring (bicyclic) bond motifs is 2. The van der Waals surface area contributed by atoms with Crippen LogP contribution >= 0.6 is 11.6 Å². The van der Waals surface area contributed by atoms with E-state index in [1.54, 1.807) is 29.0 Å². The van der Waals surface area contributed by atoms with Gasteiger partial charge in [-0.1, -0.05) is 41.9 Å². The van der Waals surface area contributed by atoms with Crippen molar-refractivity contribution in [3.05, 3.63) is 100 Å². The van der Waals surface area contributed by atoms with Crippen molar-refractivity contribution in [1.29, 1.82) is 0 Å². The van der Waals surface area contributed by atoms with Crippen LogP contribution in [0.1, 0.15) is 34.9 Å². The molecule has 1 aliphatic carbocycles. The Labute approximate surface area is 228 Å². The first-order chi connectivity index (χ1) is 18.5. The number of hydrogen-bond donors (Lipinski definition) is 2. The van der Waals surface area contributed by atoms with E-state index in [4.69, 9.17) is 16.3 Å². The van der Waals surface area contributed by atoms with E-state index in [2.05, 4.69) is 4.98 Å². The fraction of sp³-hybridized carbons (Fsp3) is 0.250. The average Bonchev–Trinajstić information content (AvgIpc) is 2.88. The van der Waals surface area contributed by atoms with E-state index in [0.29, 0.717) is 35.6 Å². The molecule has 0 radical (unpaired) electrons. The minimum atomic E-state index is -5.52. The quantitative estimate of drug-likeness (QED) is 0.260. The first-order valence-electron chi connectivity index (χ1n) is 12.2. The number of halogens is 4. The zero-order valence-electron chi connectivity index (χ0n) is 20.5. The summed E-state index contributed by atoms with van der Waals surface area (Å²) in [6, 6.07) is 20.7. The van der Waals surface area contributed by atoms with Gasteiger partial charge in [0.2, 0.25) is 0 Å². The van der Waals surface area contributed by atoms with Crippen LogP contribution in [0.4, 0.5) is 18.9 Å². The van der Waals surface area contributed by atoms with Gasteiger partial charge in [0.05, 0.1) is 17.3 Å². The second-order valence-corrected chi connectivity index (χ2v) is 11.6. The van der Waals surface area contributed by atoms with Crippen LogP contribution in [0.15, 0.2) is 72.8 Å². The van der Waals surface area contributed by atoms with E-state index in [-0.39, 0.29) is 18.2 Å². The van der Waals surface area contributed by atoms with Crippen molar-refractivity contribution in [3.8, 4) is 5.75 Å². The largest absolute Gasteiger partial charge is 0.516 e. The molecule has 1 aromatic heterocycles. The zero-order chi connectivity index (χ0) is 27.8. The maximum Gasteiger partial charge on any atom is 0.516 e. The molecule has 11 heteroatoms. The number of sulfonamides is 1. The summed E-state index contributed by atoms with van der Waals surface area (Å²) in [5.41, 5.74) is -1.77. The molecule has 1 aliphatic rings. The first-order valence-corrected chi connectivity index (χ1v) is 14.0. The molecule has 2 N–H and O–H groups in total. The van der Waals surface area contributed by atoms with Crippen molar-refractivity contribution in [3.63, 3.8) is 0 Å². The SMILES string of the molecule is O=S(=O)(Nc1cccc(CC2CCc3ccc(OCc4ccc5ccc(Cl)cc5n4)cc3C2O)c1)C(F)(F)F. The highest BCUT2D eigenvalue weighted by Gasteiger charge is 2.46. The Morgan fingerprint density at radius 2 is 1.85 bits per heavy atom. The van der Waals surface area contributed by atoms with Crippen LogP contribution in [-0.4, -0.2) is 24.0 Å². The lowest BCUT2D eigenvalue weighted by Crippen LogP contribution is -2.30. The number of alkyl halides is 3. The Hall–Kier alpha value is -3.34. The number of aliphatic hydroxyl groups excluding tert-OH is 1. The van der Waals surface area contributed by atoms with Gasteiger partial charge in [-0.05, 0) is 84.3 Å². The standard InChI is InChI=1S/C28H24ClF3N2O4S/c29-21-9-6-19-7-10-23(33-26(19)14-21)16-38-24-11-8-18-4-5-20(27(35)25(18)15-24)12-17-2-1-3-22(13-17)34-39(36,37)28(30,31)32/h1-3,6-11,13-15,20,27,34-35H,4-5,12,16H2. The fourth-order valence-electron chi connectivity index (χ4n) is 4.78. The lowest BCUT2D eigenvalue weighted by molar-refractivity contribution is -0.0429. The number of benzene rings is 3. The van der Waals surface area contributed by atoms with Gasteiger partial charge in [-0.3, -0.25) is 4.72 Å². The van der Waals surface area contributed by atoms with Gasteiger partial charge in [-0.2, -0.15) is 21.6 Å². The Morgan fingerprint density at radius 1 is 1.05 bits per heavy atom. The van der Waals surface area contributed by atoms with Gasteiger partial charge in [0, 0.05) is 16.1 Å². The smallest absolute Gasteiger partial charge is 0.487 e. The summed E-state index contributed by atoms with van der Waals surface area (Å²) in [4.78, 5) is 4.59. The third kappa shape index (κ3) is 6.13. The highest BCUT2D eigenvalue weighted by Crippen LogP contribution is 2.38. The predicted molar refractivity (Wildman–Crippen MR) is 143 cm³/mol. The summed E-state index contributed by atoms with van der Waals surface area (Å²) in [7, 11) is -5.52. The first kappa shape index (κ1) is 27.2. The number of hydrogen-bond acceptors (Lipinski definition) is 5. The topological polar surface area (TPSA) is 88.5 Å². The number of aryl methyl sites for hydroxylation is 1. The third-order valence-electron chi connectivity index (χ3n) is 6.75. The molecule has 4 aromatic rings. The van der Waals surface area contributed by atoms with Crippen molar-refractivity contribution < 1.29 is 31.4 Å².